The van der Waals surface area contributed by atoms with Crippen LogP contribution in [0.2, 0.25) is 0 Å². The second-order valence-corrected chi connectivity index (χ2v) is 6.02. The molecule has 0 fully saturated rings. The van der Waals surface area contributed by atoms with Gasteiger partial charge in [-0.25, -0.2) is 0 Å². The van der Waals surface area contributed by atoms with Gasteiger partial charge in [-0.2, -0.15) is 0 Å². The van der Waals surface area contributed by atoms with Crippen LogP contribution in [0.25, 0.3) is 11.3 Å². The molecule has 0 amide bonds. The lowest BCUT2D eigenvalue weighted by atomic mass is 9.83. The number of rotatable bonds is 2. The Morgan fingerprint density at radius 1 is 1.28 bits per heavy atom. The molecule has 0 bridgehead atoms. The Hall–Kier alpha value is -1.46. The summed E-state index contributed by atoms with van der Waals surface area (Å²) in [7, 11) is 0. The standard InChI is InChI=1S/C13H15NO3S/c1-13(2,3)11-5-4-9(18(15)16)8-10(11)12-6-7-17-14-12/h4-8H,1-3H3,(H,15,16)/p-1. The van der Waals surface area contributed by atoms with E-state index in [0.717, 1.165) is 11.1 Å². The average Bonchev–Trinajstić information content (AvgIpc) is 2.80. The highest BCUT2D eigenvalue weighted by Gasteiger charge is 2.20. The summed E-state index contributed by atoms with van der Waals surface area (Å²) in [5.74, 6) is 0. The maximum atomic E-state index is 11.0. The number of aromatic nitrogens is 1. The van der Waals surface area contributed by atoms with Crippen LogP contribution in [0.15, 0.2) is 39.9 Å². The molecule has 18 heavy (non-hydrogen) atoms. The summed E-state index contributed by atoms with van der Waals surface area (Å²) in [5, 5.41) is 3.89. The van der Waals surface area contributed by atoms with Gasteiger partial charge in [-0.15, -0.1) is 0 Å². The van der Waals surface area contributed by atoms with Gasteiger partial charge in [0.2, 0.25) is 0 Å². The van der Waals surface area contributed by atoms with Crippen LogP contribution in [0.3, 0.4) is 0 Å². The first-order valence-corrected chi connectivity index (χ1v) is 6.61. The van der Waals surface area contributed by atoms with Gasteiger partial charge < -0.3 is 9.08 Å². The topological polar surface area (TPSA) is 66.2 Å². The average molecular weight is 264 g/mol. The van der Waals surface area contributed by atoms with Gasteiger partial charge in [0.1, 0.15) is 12.0 Å². The zero-order valence-electron chi connectivity index (χ0n) is 10.5. The van der Waals surface area contributed by atoms with Gasteiger partial charge in [-0.05, 0) is 34.2 Å². The molecule has 2 rings (SSSR count). The van der Waals surface area contributed by atoms with Crippen molar-refractivity contribution in [1.82, 2.24) is 5.16 Å². The highest BCUT2D eigenvalue weighted by atomic mass is 32.2. The maximum absolute atomic E-state index is 11.0. The lowest BCUT2D eigenvalue weighted by Gasteiger charge is -2.23. The number of hydrogen-bond donors (Lipinski definition) is 0. The lowest BCUT2D eigenvalue weighted by Crippen LogP contribution is -2.13. The van der Waals surface area contributed by atoms with E-state index in [0.29, 0.717) is 5.69 Å². The number of nitrogens with zero attached hydrogens (tertiary/aromatic N) is 1. The molecule has 2 aromatic rings. The summed E-state index contributed by atoms with van der Waals surface area (Å²) in [4.78, 5) is 0.251. The van der Waals surface area contributed by atoms with Gasteiger partial charge in [0.05, 0.1) is 0 Å². The van der Waals surface area contributed by atoms with Crippen molar-refractivity contribution in [3.63, 3.8) is 0 Å². The fourth-order valence-corrected chi connectivity index (χ4v) is 2.24. The van der Waals surface area contributed by atoms with Crippen LogP contribution in [-0.4, -0.2) is 13.9 Å². The molecule has 0 saturated heterocycles. The van der Waals surface area contributed by atoms with Crippen LogP contribution in [0.1, 0.15) is 26.3 Å². The smallest absolute Gasteiger partial charge is 0.124 e. The van der Waals surface area contributed by atoms with Crippen LogP contribution in [-0.2, 0) is 16.5 Å². The summed E-state index contributed by atoms with van der Waals surface area (Å²) in [5.41, 5.74) is 2.37. The molecule has 1 aromatic heterocycles. The summed E-state index contributed by atoms with van der Waals surface area (Å²) < 4.78 is 26.9. The van der Waals surface area contributed by atoms with Crippen molar-refractivity contribution in [3.8, 4) is 11.3 Å². The van der Waals surface area contributed by atoms with E-state index in [1.54, 1.807) is 18.2 Å². The van der Waals surface area contributed by atoms with Crippen molar-refractivity contribution in [2.45, 2.75) is 31.1 Å². The molecule has 1 aromatic carbocycles. The molecule has 0 aliphatic rings. The summed E-state index contributed by atoms with van der Waals surface area (Å²) in [6.07, 6.45) is 1.47. The Balaban J connectivity index is 2.65. The van der Waals surface area contributed by atoms with Gasteiger partial charge in [0.25, 0.3) is 0 Å². The minimum absolute atomic E-state index is 0.100. The first-order valence-electron chi connectivity index (χ1n) is 5.54. The molecule has 1 heterocycles. The first kappa shape index (κ1) is 13.0. The van der Waals surface area contributed by atoms with Gasteiger partial charge in [-0.3, -0.25) is 4.21 Å². The van der Waals surface area contributed by atoms with Crippen molar-refractivity contribution in [1.29, 1.82) is 0 Å². The normalized spacial score (nSPS) is 13.6. The van der Waals surface area contributed by atoms with Gasteiger partial charge >= 0.3 is 0 Å². The molecule has 4 nitrogen and oxygen atoms in total. The Labute approximate surface area is 108 Å². The molecule has 0 saturated carbocycles. The van der Waals surface area contributed by atoms with E-state index in [9.17, 15) is 8.76 Å². The number of hydrogen-bond acceptors (Lipinski definition) is 4. The molecule has 0 spiro atoms. The van der Waals surface area contributed by atoms with Crippen molar-refractivity contribution < 1.29 is 13.3 Å². The SMILES string of the molecule is CC(C)(C)c1ccc(S(=O)[O-])cc1-c1ccon1. The largest absolute Gasteiger partial charge is 0.768 e. The third kappa shape index (κ3) is 2.52. The van der Waals surface area contributed by atoms with E-state index in [2.05, 4.69) is 25.9 Å². The number of benzene rings is 1. The molecular formula is C13H14NO3S-. The second kappa shape index (κ2) is 4.66. The minimum atomic E-state index is -2.24. The lowest BCUT2D eigenvalue weighted by molar-refractivity contribution is 0.422. The fraction of sp³-hybridized carbons (Fsp3) is 0.308. The fourth-order valence-electron chi connectivity index (χ4n) is 1.84. The van der Waals surface area contributed by atoms with E-state index in [1.807, 2.05) is 6.07 Å². The molecule has 96 valence electrons. The van der Waals surface area contributed by atoms with E-state index >= 15 is 0 Å². The van der Waals surface area contributed by atoms with Crippen molar-refractivity contribution in [2.75, 3.05) is 0 Å². The molecule has 1 atom stereocenters. The highest BCUT2D eigenvalue weighted by Crippen LogP contribution is 2.33. The van der Waals surface area contributed by atoms with E-state index in [4.69, 9.17) is 4.52 Å². The summed E-state index contributed by atoms with van der Waals surface area (Å²) in [6, 6.07) is 6.78. The second-order valence-electron chi connectivity index (χ2n) is 5.08. The predicted octanol–water partition coefficient (Wildman–Crippen LogP) is 2.88. The Kier molecular flexibility index (Phi) is 3.36. The monoisotopic (exact) mass is 264 g/mol. The Bertz CT molecular complexity index is 570. The van der Waals surface area contributed by atoms with E-state index in [1.165, 1.54) is 6.26 Å². The molecule has 5 heteroatoms. The third-order valence-corrected chi connectivity index (χ3v) is 3.34. The molecule has 1 unspecified atom stereocenters. The highest BCUT2D eigenvalue weighted by molar-refractivity contribution is 7.79. The van der Waals surface area contributed by atoms with Gasteiger partial charge in [-0.1, -0.05) is 32.0 Å². The van der Waals surface area contributed by atoms with Crippen LogP contribution in [0.5, 0.6) is 0 Å². The zero-order chi connectivity index (χ0) is 13.3. The minimum Gasteiger partial charge on any atom is -0.768 e. The van der Waals surface area contributed by atoms with Crippen LogP contribution in [0, 0.1) is 0 Å². The molecule has 0 radical (unpaired) electrons. The molecule has 0 aliphatic carbocycles. The molecule has 0 aliphatic heterocycles. The Morgan fingerprint density at radius 3 is 2.50 bits per heavy atom. The van der Waals surface area contributed by atoms with Gasteiger partial charge in [0, 0.05) is 16.5 Å². The zero-order valence-corrected chi connectivity index (χ0v) is 11.3. The van der Waals surface area contributed by atoms with Crippen molar-refractivity contribution in [3.05, 3.63) is 36.1 Å². The van der Waals surface area contributed by atoms with Crippen molar-refractivity contribution in [2.24, 2.45) is 0 Å². The summed E-state index contributed by atoms with van der Waals surface area (Å²) >= 11 is -2.24. The quantitative estimate of drug-likeness (QED) is 0.782. The maximum Gasteiger partial charge on any atom is 0.124 e. The van der Waals surface area contributed by atoms with E-state index in [-0.39, 0.29) is 10.3 Å². The third-order valence-electron chi connectivity index (χ3n) is 2.71. The van der Waals surface area contributed by atoms with E-state index < -0.39 is 11.1 Å². The van der Waals surface area contributed by atoms with Gasteiger partial charge in [0.15, 0.2) is 0 Å². The predicted molar refractivity (Wildman–Crippen MR) is 67.8 cm³/mol. The summed E-state index contributed by atoms with van der Waals surface area (Å²) in [6.45, 7) is 6.21. The Morgan fingerprint density at radius 2 is 2.00 bits per heavy atom. The molecule has 0 N–H and O–H groups in total. The van der Waals surface area contributed by atoms with Crippen molar-refractivity contribution >= 4 is 11.1 Å². The van der Waals surface area contributed by atoms with Crippen LogP contribution < -0.4 is 0 Å². The first-order chi connectivity index (χ1) is 8.39. The van der Waals surface area contributed by atoms with Crippen LogP contribution >= 0.6 is 0 Å². The molecular weight excluding hydrogens is 250 g/mol. The van der Waals surface area contributed by atoms with Crippen LogP contribution in [0.4, 0.5) is 0 Å².